The number of alkyl halides is 1. The summed E-state index contributed by atoms with van der Waals surface area (Å²) < 4.78 is 20.4. The van der Waals surface area contributed by atoms with Gasteiger partial charge in [-0.2, -0.15) is 0 Å². The molecule has 2 aliphatic heterocycles. The van der Waals surface area contributed by atoms with Crippen molar-refractivity contribution in [1.29, 1.82) is 0 Å². The van der Waals surface area contributed by atoms with E-state index in [9.17, 15) is 18.8 Å². The zero-order chi connectivity index (χ0) is 23.5. The van der Waals surface area contributed by atoms with Crippen LogP contribution in [-0.2, 0) is 16.1 Å². The quantitative estimate of drug-likeness (QED) is 0.494. The number of hydrogen-bond acceptors (Lipinski definition) is 5. The van der Waals surface area contributed by atoms with Crippen LogP contribution in [0.25, 0.3) is 0 Å². The van der Waals surface area contributed by atoms with Crippen LogP contribution in [0.3, 0.4) is 0 Å². The van der Waals surface area contributed by atoms with Crippen molar-refractivity contribution in [1.82, 2.24) is 15.5 Å². The van der Waals surface area contributed by atoms with Gasteiger partial charge >= 0.3 is 0 Å². The van der Waals surface area contributed by atoms with Crippen LogP contribution < -0.4 is 15.4 Å². The van der Waals surface area contributed by atoms with Gasteiger partial charge in [0.2, 0.25) is 11.8 Å². The molecule has 2 heterocycles. The molecule has 2 bridgehead atoms. The number of nitrogens with one attached hydrogen (secondary N) is 2. The third-order valence-corrected chi connectivity index (χ3v) is 8.55. The SMILES string of the molecule is O=C1CCC(N2Cc3cc(O[C@H]4CCCCC[C@@H]4NCC45CC(F)(C4)C5)ccc3C2=O)C(=O)N1. The number of hydrogen-bond donors (Lipinski definition) is 2. The third-order valence-electron chi connectivity index (χ3n) is 8.55. The van der Waals surface area contributed by atoms with Gasteiger partial charge in [-0.25, -0.2) is 4.39 Å². The minimum Gasteiger partial charge on any atom is -0.489 e. The van der Waals surface area contributed by atoms with Gasteiger partial charge in [-0.15, -0.1) is 0 Å². The van der Waals surface area contributed by atoms with Gasteiger partial charge in [0.05, 0.1) is 0 Å². The number of halogens is 1. The number of imide groups is 1. The van der Waals surface area contributed by atoms with Crippen LogP contribution >= 0.6 is 0 Å². The molecule has 3 amide bonds. The first-order chi connectivity index (χ1) is 16.3. The van der Waals surface area contributed by atoms with E-state index in [2.05, 4.69) is 10.6 Å². The van der Waals surface area contributed by atoms with E-state index < -0.39 is 17.6 Å². The molecule has 7 rings (SSSR count). The van der Waals surface area contributed by atoms with Crippen molar-refractivity contribution in [3.05, 3.63) is 29.3 Å². The Bertz CT molecular complexity index is 1020. The predicted octanol–water partition coefficient (Wildman–Crippen LogP) is 3.01. The molecule has 1 saturated heterocycles. The van der Waals surface area contributed by atoms with Gasteiger partial charge in [-0.05, 0) is 74.1 Å². The van der Waals surface area contributed by atoms with Crippen LogP contribution in [0.5, 0.6) is 5.75 Å². The fourth-order valence-corrected chi connectivity index (χ4v) is 6.84. The molecular weight excluding hydrogens is 437 g/mol. The fraction of sp³-hybridized carbons (Fsp3) is 0.654. The Kier molecular flexibility index (Phi) is 5.20. The van der Waals surface area contributed by atoms with Crippen LogP contribution in [0, 0.1) is 5.41 Å². The van der Waals surface area contributed by atoms with Crippen molar-refractivity contribution < 1.29 is 23.5 Å². The summed E-state index contributed by atoms with van der Waals surface area (Å²) in [6.45, 7) is 1.21. The average molecular weight is 470 g/mol. The Hall–Kier alpha value is -2.48. The summed E-state index contributed by atoms with van der Waals surface area (Å²) in [4.78, 5) is 38.3. The third kappa shape index (κ3) is 3.80. The van der Waals surface area contributed by atoms with Crippen LogP contribution in [0.4, 0.5) is 4.39 Å². The van der Waals surface area contributed by atoms with Crippen molar-refractivity contribution in [2.75, 3.05) is 6.54 Å². The first-order valence-electron chi connectivity index (χ1n) is 12.7. The van der Waals surface area contributed by atoms with Gasteiger partial charge in [0.15, 0.2) is 0 Å². The maximum atomic E-state index is 13.9. The van der Waals surface area contributed by atoms with Crippen LogP contribution in [0.2, 0.25) is 0 Å². The monoisotopic (exact) mass is 469 g/mol. The lowest BCUT2D eigenvalue weighted by atomic mass is 9.42. The van der Waals surface area contributed by atoms with Crippen LogP contribution in [-0.4, -0.2) is 53.0 Å². The number of rotatable bonds is 6. The number of nitrogens with zero attached hydrogens (tertiary/aromatic N) is 1. The van der Waals surface area contributed by atoms with Crippen molar-refractivity contribution in [3.63, 3.8) is 0 Å². The van der Waals surface area contributed by atoms with Gasteiger partial charge in [-0.1, -0.05) is 12.8 Å². The molecule has 8 heteroatoms. The van der Waals surface area contributed by atoms with Crippen molar-refractivity contribution in [2.45, 2.75) is 94.6 Å². The zero-order valence-corrected chi connectivity index (χ0v) is 19.4. The number of ether oxygens (including phenoxy) is 1. The second-order valence-electron chi connectivity index (χ2n) is 11.2. The maximum absolute atomic E-state index is 13.9. The molecule has 1 aromatic carbocycles. The smallest absolute Gasteiger partial charge is 0.255 e. The molecule has 1 aromatic rings. The Morgan fingerprint density at radius 2 is 1.88 bits per heavy atom. The van der Waals surface area contributed by atoms with Crippen molar-refractivity contribution in [3.8, 4) is 5.75 Å². The molecule has 5 fully saturated rings. The Labute approximate surface area is 198 Å². The highest BCUT2D eigenvalue weighted by atomic mass is 19.1. The van der Waals surface area contributed by atoms with Gasteiger partial charge in [0.1, 0.15) is 23.6 Å². The lowest BCUT2D eigenvalue weighted by molar-refractivity contribution is -0.211. The minimum absolute atomic E-state index is 0.0376. The predicted molar refractivity (Wildman–Crippen MR) is 122 cm³/mol. The zero-order valence-electron chi connectivity index (χ0n) is 19.4. The van der Waals surface area contributed by atoms with E-state index >= 15 is 0 Å². The number of piperidine rings is 1. The van der Waals surface area contributed by atoms with E-state index in [1.54, 1.807) is 11.0 Å². The number of fused-ring (bicyclic) bond motifs is 1. The Morgan fingerprint density at radius 3 is 2.65 bits per heavy atom. The van der Waals surface area contributed by atoms with E-state index in [0.717, 1.165) is 43.5 Å². The molecule has 34 heavy (non-hydrogen) atoms. The lowest BCUT2D eigenvalue weighted by Crippen LogP contribution is -2.68. The van der Waals surface area contributed by atoms with Crippen molar-refractivity contribution >= 4 is 17.7 Å². The molecule has 3 atom stereocenters. The summed E-state index contributed by atoms with van der Waals surface area (Å²) in [5.41, 5.74) is 0.743. The average Bonchev–Trinajstić information content (AvgIpc) is 2.92. The highest BCUT2D eigenvalue weighted by Crippen LogP contribution is 2.69. The molecule has 4 aliphatic carbocycles. The van der Waals surface area contributed by atoms with E-state index in [1.807, 2.05) is 12.1 Å². The van der Waals surface area contributed by atoms with Gasteiger partial charge in [0, 0.05) is 31.1 Å². The molecule has 0 spiro atoms. The Balaban J connectivity index is 1.12. The Morgan fingerprint density at radius 1 is 1.09 bits per heavy atom. The fourth-order valence-electron chi connectivity index (χ4n) is 6.84. The summed E-state index contributed by atoms with van der Waals surface area (Å²) in [7, 11) is 0. The topological polar surface area (TPSA) is 87.7 Å². The highest BCUT2D eigenvalue weighted by Gasteiger charge is 2.68. The molecule has 4 saturated carbocycles. The molecule has 7 nitrogen and oxygen atoms in total. The highest BCUT2D eigenvalue weighted by molar-refractivity contribution is 6.05. The second kappa shape index (κ2) is 8.04. The molecule has 1 unspecified atom stereocenters. The number of benzene rings is 1. The molecule has 0 aromatic heterocycles. The minimum atomic E-state index is -0.870. The first-order valence-corrected chi connectivity index (χ1v) is 12.7. The summed E-state index contributed by atoms with van der Waals surface area (Å²) in [5, 5.41) is 6.06. The maximum Gasteiger partial charge on any atom is 0.255 e. The lowest BCUT2D eigenvalue weighted by Gasteiger charge is -2.66. The van der Waals surface area contributed by atoms with E-state index in [-0.39, 0.29) is 35.8 Å². The summed E-state index contributed by atoms with van der Waals surface area (Å²) >= 11 is 0. The second-order valence-corrected chi connectivity index (χ2v) is 11.2. The van der Waals surface area contributed by atoms with Crippen LogP contribution in [0.1, 0.15) is 80.1 Å². The van der Waals surface area contributed by atoms with Crippen molar-refractivity contribution in [2.24, 2.45) is 5.41 Å². The van der Waals surface area contributed by atoms with Gasteiger partial charge in [0.25, 0.3) is 5.91 Å². The molecule has 6 aliphatic rings. The summed E-state index contributed by atoms with van der Waals surface area (Å²) in [6, 6.07) is 5.19. The summed E-state index contributed by atoms with van der Waals surface area (Å²) in [6.07, 6.45) is 8.24. The van der Waals surface area contributed by atoms with Gasteiger partial charge in [-0.3, -0.25) is 19.7 Å². The number of amides is 3. The normalized spacial score (nSPS) is 36.8. The number of carbonyl (C=O) groups excluding carboxylic acids is 3. The number of carbonyl (C=O) groups is 3. The van der Waals surface area contributed by atoms with Gasteiger partial charge < -0.3 is 15.0 Å². The van der Waals surface area contributed by atoms with E-state index in [4.69, 9.17) is 4.74 Å². The standard InChI is InChI=1S/C26H32FN3O4/c27-26-12-25(13-26,14-26)15-28-19-4-2-1-3-5-21(19)34-17-6-7-18-16(10-17)11-30(24(18)33)20-8-9-22(31)29-23(20)32/h6-7,10,19-21,28H,1-5,8-9,11-15H2,(H,29,31,32)/t19-,20?,21-,25?,26?/m0/s1. The largest absolute Gasteiger partial charge is 0.489 e. The van der Waals surface area contributed by atoms with E-state index in [0.29, 0.717) is 37.8 Å². The van der Waals surface area contributed by atoms with E-state index in [1.165, 1.54) is 6.42 Å². The molecular formula is C26H32FN3O4. The van der Waals surface area contributed by atoms with Crippen LogP contribution in [0.15, 0.2) is 18.2 Å². The first kappa shape index (κ1) is 22.0. The molecule has 2 N–H and O–H groups in total. The molecule has 182 valence electrons. The summed E-state index contributed by atoms with van der Waals surface area (Å²) in [5.74, 6) is -0.118. The molecule has 0 radical (unpaired) electrons.